The average Bonchev–Trinajstić information content (AvgIpc) is 2.60. The number of aliphatic hydroxyl groups is 1. The van der Waals surface area contributed by atoms with Crippen LogP contribution in [0.2, 0.25) is 0 Å². The number of nitrogens with zero attached hydrogens (tertiary/aromatic N) is 1. The molecular formula is C13H14N2O2. The highest BCUT2D eigenvalue weighted by Gasteiger charge is 2.20. The first kappa shape index (κ1) is 10.4. The third-order valence-corrected chi connectivity index (χ3v) is 3.26. The minimum atomic E-state index is -0.517. The summed E-state index contributed by atoms with van der Waals surface area (Å²) in [6.07, 6.45) is 1.43. The Morgan fingerprint density at radius 2 is 2.29 bits per heavy atom. The maximum Gasteiger partial charge on any atom is 0.253 e. The largest absolute Gasteiger partial charge is 0.389 e. The second kappa shape index (κ2) is 3.60. The van der Waals surface area contributed by atoms with Gasteiger partial charge in [-0.2, -0.15) is 0 Å². The molecular weight excluding hydrogens is 216 g/mol. The van der Waals surface area contributed by atoms with Crippen LogP contribution in [0, 0.1) is 0 Å². The van der Waals surface area contributed by atoms with E-state index in [-0.39, 0.29) is 5.91 Å². The molecule has 4 heteroatoms. The van der Waals surface area contributed by atoms with Crippen LogP contribution in [0.5, 0.6) is 0 Å². The Hall–Kier alpha value is -1.81. The van der Waals surface area contributed by atoms with E-state index in [1.807, 2.05) is 29.0 Å². The second-order valence-electron chi connectivity index (χ2n) is 4.41. The van der Waals surface area contributed by atoms with Gasteiger partial charge in [0.05, 0.1) is 17.2 Å². The van der Waals surface area contributed by atoms with Crippen LogP contribution in [-0.2, 0) is 6.54 Å². The lowest BCUT2D eigenvalue weighted by molar-refractivity contribution is 0.0956. The van der Waals surface area contributed by atoms with Crippen LogP contribution < -0.4 is 5.32 Å². The highest BCUT2D eigenvalue weighted by molar-refractivity contribution is 6.07. The van der Waals surface area contributed by atoms with Crippen LogP contribution in [0.4, 0.5) is 0 Å². The summed E-state index contributed by atoms with van der Waals surface area (Å²) in [7, 11) is 0. The molecule has 0 saturated heterocycles. The Balaban J connectivity index is 2.39. The summed E-state index contributed by atoms with van der Waals surface area (Å²) in [6, 6.07) is 5.64. The number of carbonyl (C=O) groups is 1. The number of nitrogens with one attached hydrogen (secondary N) is 1. The number of hydrogen-bond donors (Lipinski definition) is 2. The molecule has 88 valence electrons. The highest BCUT2D eigenvalue weighted by Crippen LogP contribution is 2.29. The zero-order chi connectivity index (χ0) is 12.0. The maximum atomic E-state index is 11.9. The average molecular weight is 230 g/mol. The molecule has 1 aromatic heterocycles. The number of hydrogen-bond acceptors (Lipinski definition) is 2. The number of amides is 1. The van der Waals surface area contributed by atoms with Crippen molar-refractivity contribution in [2.45, 2.75) is 19.6 Å². The zero-order valence-corrected chi connectivity index (χ0v) is 9.60. The predicted molar refractivity (Wildman–Crippen MR) is 64.9 cm³/mol. The van der Waals surface area contributed by atoms with Gasteiger partial charge in [-0.25, -0.2) is 0 Å². The van der Waals surface area contributed by atoms with Gasteiger partial charge in [0, 0.05) is 30.2 Å². The van der Waals surface area contributed by atoms with Gasteiger partial charge < -0.3 is 15.0 Å². The van der Waals surface area contributed by atoms with Crippen molar-refractivity contribution in [1.29, 1.82) is 0 Å². The molecule has 0 aliphatic carbocycles. The van der Waals surface area contributed by atoms with Crippen molar-refractivity contribution in [3.05, 3.63) is 35.5 Å². The minimum absolute atomic E-state index is 0.0374. The van der Waals surface area contributed by atoms with Crippen LogP contribution in [0.15, 0.2) is 24.4 Å². The number of aromatic nitrogens is 1. The third-order valence-electron chi connectivity index (χ3n) is 3.26. The van der Waals surface area contributed by atoms with Crippen molar-refractivity contribution in [2.75, 3.05) is 6.54 Å². The van der Waals surface area contributed by atoms with Gasteiger partial charge >= 0.3 is 0 Å². The van der Waals surface area contributed by atoms with E-state index in [1.54, 1.807) is 6.92 Å². The molecule has 0 saturated carbocycles. The van der Waals surface area contributed by atoms with E-state index in [1.165, 1.54) is 0 Å². The van der Waals surface area contributed by atoms with E-state index in [4.69, 9.17) is 0 Å². The molecule has 0 spiro atoms. The van der Waals surface area contributed by atoms with Crippen molar-refractivity contribution >= 4 is 16.8 Å². The van der Waals surface area contributed by atoms with Gasteiger partial charge in [0.1, 0.15) is 0 Å². The van der Waals surface area contributed by atoms with E-state index < -0.39 is 6.10 Å². The fourth-order valence-electron chi connectivity index (χ4n) is 2.47. The molecule has 1 aliphatic rings. The van der Waals surface area contributed by atoms with E-state index in [0.717, 1.165) is 23.0 Å². The van der Waals surface area contributed by atoms with Gasteiger partial charge in [-0.3, -0.25) is 4.79 Å². The summed E-state index contributed by atoms with van der Waals surface area (Å²) >= 11 is 0. The van der Waals surface area contributed by atoms with Crippen LogP contribution >= 0.6 is 0 Å². The summed E-state index contributed by atoms with van der Waals surface area (Å²) in [6.45, 7) is 3.11. The Labute approximate surface area is 98.9 Å². The number of rotatable bonds is 1. The summed E-state index contributed by atoms with van der Waals surface area (Å²) < 4.78 is 2.05. The van der Waals surface area contributed by atoms with Crippen LogP contribution in [0.3, 0.4) is 0 Å². The van der Waals surface area contributed by atoms with Gasteiger partial charge in [-0.15, -0.1) is 0 Å². The van der Waals surface area contributed by atoms with Crippen LogP contribution in [-0.4, -0.2) is 22.1 Å². The molecule has 0 radical (unpaired) electrons. The van der Waals surface area contributed by atoms with Crippen molar-refractivity contribution in [3.63, 3.8) is 0 Å². The maximum absolute atomic E-state index is 11.9. The van der Waals surface area contributed by atoms with Gasteiger partial charge in [0.15, 0.2) is 0 Å². The van der Waals surface area contributed by atoms with Crippen LogP contribution in [0.25, 0.3) is 10.9 Å². The summed E-state index contributed by atoms with van der Waals surface area (Å²) in [4.78, 5) is 11.9. The van der Waals surface area contributed by atoms with E-state index in [0.29, 0.717) is 12.1 Å². The molecule has 1 aromatic carbocycles. The Bertz CT molecular complexity index is 599. The van der Waals surface area contributed by atoms with E-state index >= 15 is 0 Å². The molecule has 3 rings (SSSR count). The van der Waals surface area contributed by atoms with Crippen molar-refractivity contribution in [1.82, 2.24) is 9.88 Å². The normalized spacial score (nSPS) is 16.7. The van der Waals surface area contributed by atoms with Gasteiger partial charge in [0.2, 0.25) is 0 Å². The first-order valence-electron chi connectivity index (χ1n) is 5.76. The lowest BCUT2D eigenvalue weighted by Gasteiger charge is -2.04. The van der Waals surface area contributed by atoms with Gasteiger partial charge in [-0.05, 0) is 13.0 Å². The van der Waals surface area contributed by atoms with E-state index in [2.05, 4.69) is 5.32 Å². The number of aliphatic hydroxyl groups excluding tert-OH is 1. The fraction of sp³-hybridized carbons (Fsp3) is 0.308. The van der Waals surface area contributed by atoms with E-state index in [9.17, 15) is 9.90 Å². The summed E-state index contributed by atoms with van der Waals surface area (Å²) in [5.41, 5.74) is 2.50. The first-order chi connectivity index (χ1) is 8.18. The number of benzene rings is 1. The topological polar surface area (TPSA) is 54.3 Å². The first-order valence-corrected chi connectivity index (χ1v) is 5.76. The van der Waals surface area contributed by atoms with Gasteiger partial charge in [0.25, 0.3) is 5.91 Å². The number of para-hydroxylation sites is 1. The van der Waals surface area contributed by atoms with Crippen molar-refractivity contribution in [3.8, 4) is 0 Å². The molecule has 0 fully saturated rings. The second-order valence-corrected chi connectivity index (χ2v) is 4.41. The smallest absolute Gasteiger partial charge is 0.253 e. The minimum Gasteiger partial charge on any atom is -0.389 e. The molecule has 0 bridgehead atoms. The fourth-order valence-corrected chi connectivity index (χ4v) is 2.47. The molecule has 4 nitrogen and oxygen atoms in total. The number of carbonyl (C=O) groups excluding carboxylic acids is 1. The van der Waals surface area contributed by atoms with Crippen LogP contribution in [0.1, 0.15) is 28.9 Å². The molecule has 2 N–H and O–H groups in total. The Kier molecular flexibility index (Phi) is 2.19. The Morgan fingerprint density at radius 3 is 3.06 bits per heavy atom. The highest BCUT2D eigenvalue weighted by atomic mass is 16.3. The van der Waals surface area contributed by atoms with Crippen molar-refractivity contribution in [2.24, 2.45) is 0 Å². The van der Waals surface area contributed by atoms with Crippen molar-refractivity contribution < 1.29 is 9.90 Å². The molecule has 1 aliphatic heterocycles. The lowest BCUT2D eigenvalue weighted by atomic mass is 10.1. The predicted octanol–water partition coefficient (Wildman–Crippen LogP) is 1.44. The zero-order valence-electron chi connectivity index (χ0n) is 9.60. The molecule has 2 heterocycles. The molecule has 1 atom stereocenters. The SMILES string of the molecule is C[C@H](O)c1cn2c3c(cccc13)C(=O)NCC2. The monoisotopic (exact) mass is 230 g/mol. The Morgan fingerprint density at radius 1 is 1.47 bits per heavy atom. The molecule has 2 aromatic rings. The molecule has 1 amide bonds. The third kappa shape index (κ3) is 1.45. The standard InChI is InChI=1S/C13H14N2O2/c1-8(16)11-7-15-6-5-14-13(17)10-4-2-3-9(11)12(10)15/h2-4,7-8,16H,5-6H2,1H3,(H,14,17)/t8-/m0/s1. The molecule has 0 unspecified atom stereocenters. The summed E-state index contributed by atoms with van der Waals surface area (Å²) in [5, 5.41) is 13.6. The van der Waals surface area contributed by atoms with Gasteiger partial charge in [-0.1, -0.05) is 12.1 Å². The molecule has 17 heavy (non-hydrogen) atoms. The lowest BCUT2D eigenvalue weighted by Crippen LogP contribution is -2.24. The quantitative estimate of drug-likeness (QED) is 0.778. The summed E-state index contributed by atoms with van der Waals surface area (Å²) in [5.74, 6) is -0.0374.